The maximum absolute atomic E-state index is 11.7. The van der Waals surface area contributed by atoms with Crippen LogP contribution in [0.5, 0.6) is 0 Å². The van der Waals surface area contributed by atoms with Gasteiger partial charge in [-0.25, -0.2) is 0 Å². The Labute approximate surface area is 73.9 Å². The summed E-state index contributed by atoms with van der Waals surface area (Å²) in [6.07, 6.45) is 4.47. The van der Waals surface area contributed by atoms with Crippen molar-refractivity contribution < 1.29 is 4.79 Å². The van der Waals surface area contributed by atoms with Gasteiger partial charge in [0.05, 0.1) is 6.04 Å². The van der Waals surface area contributed by atoms with Crippen molar-refractivity contribution in [2.75, 3.05) is 13.1 Å². The predicted octanol–water partition coefficient (Wildman–Crippen LogP) is 1.45. The molecule has 3 heterocycles. The normalized spacial score (nSPS) is 40.4. The van der Waals surface area contributed by atoms with Crippen LogP contribution in [0.15, 0.2) is 0 Å². The number of hydrogen-bond donors (Lipinski definition) is 0. The molecular formula is C10H17NO. The van der Waals surface area contributed by atoms with Crippen LogP contribution in [-0.2, 0) is 4.79 Å². The summed E-state index contributed by atoms with van der Waals surface area (Å²) in [7, 11) is 0. The lowest BCUT2D eigenvalue weighted by molar-refractivity contribution is -0.137. The minimum absolute atomic E-state index is 0.294. The largest absolute Gasteiger partial charge is 0.298 e. The van der Waals surface area contributed by atoms with Gasteiger partial charge in [-0.15, -0.1) is 0 Å². The molecule has 68 valence electrons. The van der Waals surface area contributed by atoms with E-state index in [1.807, 2.05) is 0 Å². The van der Waals surface area contributed by atoms with E-state index in [-0.39, 0.29) is 0 Å². The van der Waals surface area contributed by atoms with E-state index in [9.17, 15) is 4.79 Å². The highest BCUT2D eigenvalue weighted by atomic mass is 16.1. The Morgan fingerprint density at radius 2 is 2.08 bits per heavy atom. The van der Waals surface area contributed by atoms with Crippen LogP contribution in [0.3, 0.4) is 0 Å². The van der Waals surface area contributed by atoms with E-state index >= 15 is 0 Å². The fourth-order valence-corrected chi connectivity index (χ4v) is 2.55. The summed E-state index contributed by atoms with van der Waals surface area (Å²) in [6, 6.07) is 0.294. The number of fused-ring (bicyclic) bond motifs is 3. The third-order valence-corrected chi connectivity index (χ3v) is 3.26. The van der Waals surface area contributed by atoms with Gasteiger partial charge in [0.1, 0.15) is 0 Å². The zero-order valence-electron chi connectivity index (χ0n) is 7.75. The van der Waals surface area contributed by atoms with Gasteiger partial charge in [0, 0.05) is 5.92 Å². The first kappa shape index (κ1) is 8.24. The number of ketones is 1. The summed E-state index contributed by atoms with van der Waals surface area (Å²) in [5, 5.41) is 0. The number of carbonyl (C=O) groups is 1. The van der Waals surface area contributed by atoms with Crippen LogP contribution in [0.2, 0.25) is 0 Å². The number of nitrogens with zero attached hydrogens (tertiary/aromatic N) is 1. The fraction of sp³-hybridized carbons (Fsp3) is 0.900. The quantitative estimate of drug-likeness (QED) is 0.620. The molecule has 0 aliphatic carbocycles. The summed E-state index contributed by atoms with van der Waals surface area (Å²) in [5.41, 5.74) is 0. The van der Waals surface area contributed by atoms with Gasteiger partial charge in [-0.3, -0.25) is 9.69 Å². The van der Waals surface area contributed by atoms with Gasteiger partial charge in [-0.1, -0.05) is 13.3 Å². The first-order chi connectivity index (χ1) is 5.83. The molecule has 12 heavy (non-hydrogen) atoms. The Morgan fingerprint density at radius 1 is 1.42 bits per heavy atom. The Morgan fingerprint density at radius 3 is 2.58 bits per heavy atom. The lowest BCUT2D eigenvalue weighted by Crippen LogP contribution is -2.55. The SMILES string of the molecule is CCCC1C(=O)C2CCN1CC2. The molecule has 3 aliphatic heterocycles. The molecule has 2 nitrogen and oxygen atoms in total. The molecule has 2 heteroatoms. The van der Waals surface area contributed by atoms with Crippen molar-refractivity contribution in [3.63, 3.8) is 0 Å². The van der Waals surface area contributed by atoms with Gasteiger partial charge >= 0.3 is 0 Å². The zero-order valence-corrected chi connectivity index (χ0v) is 7.75. The standard InChI is InChI=1S/C10H17NO/c1-2-3-9-10(12)8-4-6-11(9)7-5-8/h8-9H,2-7H2,1H3. The molecule has 3 aliphatic rings. The van der Waals surface area contributed by atoms with E-state index < -0.39 is 0 Å². The molecule has 0 aromatic carbocycles. The average Bonchev–Trinajstić information content (AvgIpc) is 2.12. The molecule has 0 saturated carbocycles. The molecule has 3 fully saturated rings. The average molecular weight is 167 g/mol. The van der Waals surface area contributed by atoms with E-state index in [2.05, 4.69) is 11.8 Å². The zero-order chi connectivity index (χ0) is 8.55. The monoisotopic (exact) mass is 167 g/mol. The van der Waals surface area contributed by atoms with Crippen LogP contribution in [0.25, 0.3) is 0 Å². The van der Waals surface area contributed by atoms with Crippen LogP contribution in [0, 0.1) is 5.92 Å². The minimum Gasteiger partial charge on any atom is -0.298 e. The second-order valence-electron chi connectivity index (χ2n) is 4.02. The van der Waals surface area contributed by atoms with Crippen LogP contribution in [0.4, 0.5) is 0 Å². The third kappa shape index (κ3) is 1.18. The lowest BCUT2D eigenvalue weighted by atomic mass is 9.80. The highest BCUT2D eigenvalue weighted by Crippen LogP contribution is 2.30. The smallest absolute Gasteiger partial charge is 0.153 e. The molecule has 0 N–H and O–H groups in total. The molecule has 1 unspecified atom stereocenters. The van der Waals surface area contributed by atoms with Crippen molar-refractivity contribution in [3.05, 3.63) is 0 Å². The summed E-state index contributed by atoms with van der Waals surface area (Å²) < 4.78 is 0. The van der Waals surface area contributed by atoms with Crippen molar-refractivity contribution in [3.8, 4) is 0 Å². The van der Waals surface area contributed by atoms with Gasteiger partial charge in [-0.2, -0.15) is 0 Å². The summed E-state index contributed by atoms with van der Waals surface area (Å²) in [6.45, 7) is 4.50. The molecule has 0 aromatic rings. The first-order valence-corrected chi connectivity index (χ1v) is 5.10. The lowest BCUT2D eigenvalue weighted by Gasteiger charge is -2.44. The molecule has 3 saturated heterocycles. The van der Waals surface area contributed by atoms with Crippen molar-refractivity contribution in [1.82, 2.24) is 4.90 Å². The van der Waals surface area contributed by atoms with Gasteiger partial charge in [-0.05, 0) is 32.4 Å². The maximum atomic E-state index is 11.7. The summed E-state index contributed by atoms with van der Waals surface area (Å²) in [5.74, 6) is 0.959. The van der Waals surface area contributed by atoms with Crippen LogP contribution < -0.4 is 0 Å². The van der Waals surface area contributed by atoms with E-state index in [1.54, 1.807) is 0 Å². The second-order valence-corrected chi connectivity index (χ2v) is 4.02. The van der Waals surface area contributed by atoms with Crippen molar-refractivity contribution in [2.24, 2.45) is 5.92 Å². The van der Waals surface area contributed by atoms with E-state index in [0.717, 1.165) is 25.7 Å². The maximum Gasteiger partial charge on any atom is 0.153 e. The van der Waals surface area contributed by atoms with Crippen molar-refractivity contribution in [2.45, 2.75) is 38.6 Å². The number of piperidine rings is 3. The first-order valence-electron chi connectivity index (χ1n) is 5.10. The Bertz CT molecular complexity index is 182. The fourth-order valence-electron chi connectivity index (χ4n) is 2.55. The van der Waals surface area contributed by atoms with Crippen LogP contribution in [-0.4, -0.2) is 29.8 Å². The molecule has 0 radical (unpaired) electrons. The van der Waals surface area contributed by atoms with Crippen LogP contribution >= 0.6 is 0 Å². The molecular weight excluding hydrogens is 150 g/mol. The number of Topliss-reactive ketones (excluding diaryl/α,β-unsaturated/α-hetero) is 1. The molecule has 3 rings (SSSR count). The predicted molar refractivity (Wildman–Crippen MR) is 48.0 cm³/mol. The molecule has 0 aromatic heterocycles. The van der Waals surface area contributed by atoms with E-state index in [0.29, 0.717) is 17.7 Å². The topological polar surface area (TPSA) is 20.3 Å². The molecule has 2 bridgehead atoms. The van der Waals surface area contributed by atoms with E-state index in [1.165, 1.54) is 13.1 Å². The van der Waals surface area contributed by atoms with Gasteiger partial charge in [0.25, 0.3) is 0 Å². The Hall–Kier alpha value is -0.370. The molecule has 0 amide bonds. The molecule has 1 atom stereocenters. The third-order valence-electron chi connectivity index (χ3n) is 3.26. The highest BCUT2D eigenvalue weighted by Gasteiger charge is 2.39. The van der Waals surface area contributed by atoms with Gasteiger partial charge in [0.15, 0.2) is 5.78 Å². The Balaban J connectivity index is 2.07. The molecule has 0 spiro atoms. The highest BCUT2D eigenvalue weighted by molar-refractivity contribution is 5.87. The van der Waals surface area contributed by atoms with Crippen molar-refractivity contribution >= 4 is 5.78 Å². The number of carbonyl (C=O) groups excluding carboxylic acids is 1. The summed E-state index contributed by atoms with van der Waals surface area (Å²) in [4.78, 5) is 14.1. The summed E-state index contributed by atoms with van der Waals surface area (Å²) >= 11 is 0. The van der Waals surface area contributed by atoms with Gasteiger partial charge < -0.3 is 0 Å². The second kappa shape index (κ2) is 3.17. The van der Waals surface area contributed by atoms with Crippen LogP contribution in [0.1, 0.15) is 32.6 Å². The number of rotatable bonds is 2. The van der Waals surface area contributed by atoms with E-state index in [4.69, 9.17) is 0 Å². The van der Waals surface area contributed by atoms with Gasteiger partial charge in [0.2, 0.25) is 0 Å². The minimum atomic E-state index is 0.294. The van der Waals surface area contributed by atoms with Crippen molar-refractivity contribution in [1.29, 1.82) is 0 Å². The Kier molecular flexibility index (Phi) is 2.18. The number of hydrogen-bond acceptors (Lipinski definition) is 2.